The Morgan fingerprint density at radius 3 is 2.41 bits per heavy atom. The molecule has 0 unspecified atom stereocenters. The Labute approximate surface area is 276 Å². The van der Waals surface area contributed by atoms with Crippen molar-refractivity contribution in [2.45, 2.75) is 77.0 Å². The number of aliphatic carboxylic acids is 1. The number of thiophene rings is 1. The average molecular weight is 650 g/mol. The summed E-state index contributed by atoms with van der Waals surface area (Å²) in [6.45, 7) is 5.81. The largest absolute Gasteiger partial charge is 0.494 e. The first-order valence-electron chi connectivity index (χ1n) is 16.8. The third kappa shape index (κ3) is 9.69. The van der Waals surface area contributed by atoms with E-state index in [1.165, 1.54) is 15.8 Å². The molecule has 1 N–H and O–H groups in total. The van der Waals surface area contributed by atoms with Crippen LogP contribution in [-0.2, 0) is 25.5 Å². The Bertz CT molecular complexity index is 1450. The van der Waals surface area contributed by atoms with Crippen molar-refractivity contribution in [1.82, 2.24) is 4.90 Å². The summed E-state index contributed by atoms with van der Waals surface area (Å²) >= 11 is 1.80. The zero-order chi connectivity index (χ0) is 32.1. The number of carboxylic acids is 1. The number of unbranched alkanes of at least 4 members (excludes halogenated alkanes) is 6. The molecule has 2 aliphatic heterocycles. The summed E-state index contributed by atoms with van der Waals surface area (Å²) in [5.41, 5.74) is 3.17. The third-order valence-electron chi connectivity index (χ3n) is 8.96. The van der Waals surface area contributed by atoms with Crippen molar-refractivity contribution in [2.24, 2.45) is 0 Å². The molecule has 0 aliphatic carbocycles. The van der Waals surface area contributed by atoms with Crippen molar-refractivity contribution < 1.29 is 29.0 Å². The highest BCUT2D eigenvalue weighted by Gasteiger charge is 2.26. The first-order valence-corrected chi connectivity index (χ1v) is 17.7. The van der Waals surface area contributed by atoms with Gasteiger partial charge >= 0.3 is 11.9 Å². The fraction of sp³-hybridized carbons (Fsp3) is 0.528. The molecule has 0 atom stereocenters. The van der Waals surface area contributed by atoms with E-state index in [1.807, 2.05) is 18.2 Å². The number of hydrogen-bond donors (Lipinski definition) is 1. The predicted molar refractivity (Wildman–Crippen MR) is 183 cm³/mol. The van der Waals surface area contributed by atoms with E-state index in [9.17, 15) is 14.4 Å². The van der Waals surface area contributed by atoms with Crippen LogP contribution in [0.25, 0.3) is 10.1 Å². The molecule has 1 saturated heterocycles. The van der Waals surface area contributed by atoms with Crippen LogP contribution in [0.15, 0.2) is 47.8 Å². The summed E-state index contributed by atoms with van der Waals surface area (Å²) in [6.07, 6.45) is 8.76. The van der Waals surface area contributed by atoms with E-state index in [0.717, 1.165) is 94.7 Å². The van der Waals surface area contributed by atoms with Crippen LogP contribution in [0, 0.1) is 0 Å². The molecule has 9 nitrogen and oxygen atoms in total. The molecular formula is C36H47N3O6S. The first-order chi connectivity index (χ1) is 22.5. The number of ether oxygens (including phenoxy) is 2. The molecule has 46 heavy (non-hydrogen) atoms. The highest BCUT2D eigenvalue weighted by Crippen LogP contribution is 2.33. The zero-order valence-corrected chi connectivity index (χ0v) is 27.6. The van der Waals surface area contributed by atoms with Gasteiger partial charge in [-0.2, -0.15) is 0 Å². The fourth-order valence-corrected chi connectivity index (χ4v) is 7.11. The normalized spacial score (nSPS) is 15.3. The summed E-state index contributed by atoms with van der Waals surface area (Å²) < 4.78 is 12.9. The molecule has 0 radical (unpaired) electrons. The van der Waals surface area contributed by atoms with Gasteiger partial charge in [0.25, 0.3) is 0 Å². The van der Waals surface area contributed by atoms with E-state index >= 15 is 0 Å². The van der Waals surface area contributed by atoms with Crippen LogP contribution in [-0.4, -0.2) is 73.9 Å². The van der Waals surface area contributed by atoms with Gasteiger partial charge in [0.05, 0.1) is 12.3 Å². The van der Waals surface area contributed by atoms with E-state index in [1.54, 1.807) is 16.2 Å². The second-order valence-corrected chi connectivity index (χ2v) is 13.2. The zero-order valence-electron chi connectivity index (χ0n) is 26.8. The average Bonchev–Trinajstić information content (AvgIpc) is 3.55. The lowest BCUT2D eigenvalue weighted by Crippen LogP contribution is -2.46. The number of carboxylic acid groups (broad SMARTS) is 1. The van der Waals surface area contributed by atoms with Gasteiger partial charge in [0.2, 0.25) is 5.91 Å². The maximum atomic E-state index is 12.8. The maximum absolute atomic E-state index is 12.8. The van der Waals surface area contributed by atoms with Gasteiger partial charge in [-0.25, -0.2) is 0 Å². The van der Waals surface area contributed by atoms with Gasteiger partial charge in [0.1, 0.15) is 5.75 Å². The number of esters is 1. The number of hydrogen-bond acceptors (Lipinski definition) is 8. The van der Waals surface area contributed by atoms with Gasteiger partial charge < -0.3 is 19.5 Å². The van der Waals surface area contributed by atoms with Crippen molar-refractivity contribution in [2.75, 3.05) is 55.9 Å². The Morgan fingerprint density at radius 2 is 1.61 bits per heavy atom. The number of anilines is 2. The minimum Gasteiger partial charge on any atom is -0.494 e. The lowest BCUT2D eigenvalue weighted by atomic mass is 10.0. The topological polar surface area (TPSA) is 99.6 Å². The van der Waals surface area contributed by atoms with E-state index in [0.29, 0.717) is 32.3 Å². The van der Waals surface area contributed by atoms with Crippen molar-refractivity contribution in [3.05, 3.63) is 53.4 Å². The number of fused-ring (bicyclic) bond motifs is 2. The molecule has 0 bridgehead atoms. The third-order valence-corrected chi connectivity index (χ3v) is 9.84. The molecule has 0 saturated carbocycles. The van der Waals surface area contributed by atoms with Crippen LogP contribution in [0.4, 0.5) is 11.4 Å². The lowest BCUT2D eigenvalue weighted by molar-refractivity contribution is -0.144. The number of carbonyl (C=O) groups is 3. The van der Waals surface area contributed by atoms with Crippen LogP contribution in [0.2, 0.25) is 0 Å². The summed E-state index contributed by atoms with van der Waals surface area (Å²) in [5, 5.41) is 12.2. The molecule has 5 rings (SSSR count). The van der Waals surface area contributed by atoms with Gasteiger partial charge in [-0.3, -0.25) is 24.2 Å². The molecule has 0 spiro atoms. The van der Waals surface area contributed by atoms with Gasteiger partial charge in [-0.05, 0) is 73.9 Å². The quantitative estimate of drug-likeness (QED) is 0.118. The van der Waals surface area contributed by atoms with Crippen molar-refractivity contribution >= 4 is 50.6 Å². The summed E-state index contributed by atoms with van der Waals surface area (Å²) in [7, 11) is 0. The predicted octanol–water partition coefficient (Wildman–Crippen LogP) is 6.87. The van der Waals surface area contributed by atoms with Gasteiger partial charge in [0, 0.05) is 67.3 Å². The molecule has 2 aromatic carbocycles. The highest BCUT2D eigenvalue weighted by atomic mass is 32.1. The smallest absolute Gasteiger partial charge is 0.307 e. The summed E-state index contributed by atoms with van der Waals surface area (Å²) in [5.74, 6) is -0.383. The van der Waals surface area contributed by atoms with E-state index in [4.69, 9.17) is 14.6 Å². The second-order valence-electron chi connectivity index (χ2n) is 12.3. The highest BCUT2D eigenvalue weighted by molar-refractivity contribution is 7.17. The molecule has 2 aliphatic rings. The lowest BCUT2D eigenvalue weighted by Gasteiger charge is -2.36. The number of amides is 1. The van der Waals surface area contributed by atoms with Crippen LogP contribution >= 0.6 is 11.3 Å². The van der Waals surface area contributed by atoms with Crippen molar-refractivity contribution in [3.8, 4) is 5.75 Å². The minimum atomic E-state index is -0.753. The fourth-order valence-electron chi connectivity index (χ4n) is 6.30. The number of carbonyl (C=O) groups excluding carboxylic acids is 2. The summed E-state index contributed by atoms with van der Waals surface area (Å²) in [4.78, 5) is 42.3. The van der Waals surface area contributed by atoms with Crippen LogP contribution < -0.4 is 14.5 Å². The second kappa shape index (κ2) is 17.3. The molecule has 1 fully saturated rings. The molecule has 10 heteroatoms. The molecule has 248 valence electrons. The molecule has 1 amide bonds. The molecule has 3 heterocycles. The standard InChI is InChI=1S/C36H47N3O6S/c40-34-17-15-28-14-16-29(26-32(28)39(34)27-45-36(43)13-6-4-2-1-3-5-12-35(41)42)44-24-8-7-19-37-20-22-38(23-21-37)31-10-9-11-33-30(31)18-25-46-33/h9-11,14,16,18,25-26H,1-8,12-13,15,17,19-24,27H2,(H,41,42). The van der Waals surface area contributed by atoms with Crippen LogP contribution in [0.1, 0.15) is 76.2 Å². The Kier molecular flexibility index (Phi) is 12.7. The van der Waals surface area contributed by atoms with E-state index in [-0.39, 0.29) is 25.0 Å². The Morgan fingerprint density at radius 1 is 0.826 bits per heavy atom. The minimum absolute atomic E-state index is 0.0501. The first kappa shape index (κ1) is 33.7. The van der Waals surface area contributed by atoms with Gasteiger partial charge in [0.15, 0.2) is 6.73 Å². The maximum Gasteiger partial charge on any atom is 0.307 e. The molecular weight excluding hydrogens is 602 g/mol. The van der Waals surface area contributed by atoms with E-state index in [2.05, 4.69) is 39.4 Å². The SMILES string of the molecule is O=C(O)CCCCCCCCC(=O)OCN1C(=O)CCc2ccc(OCCCCN3CCN(c4cccc5sccc45)CC3)cc21. The van der Waals surface area contributed by atoms with E-state index < -0.39 is 5.97 Å². The van der Waals surface area contributed by atoms with Crippen LogP contribution in [0.5, 0.6) is 5.75 Å². The number of aryl methyl sites for hydroxylation is 1. The van der Waals surface area contributed by atoms with Gasteiger partial charge in [-0.15, -0.1) is 11.3 Å². The van der Waals surface area contributed by atoms with Crippen molar-refractivity contribution in [1.29, 1.82) is 0 Å². The molecule has 1 aromatic heterocycles. The monoisotopic (exact) mass is 649 g/mol. The Hall–Kier alpha value is -3.63. The Balaban J connectivity index is 0.982. The van der Waals surface area contributed by atoms with Gasteiger partial charge in [-0.1, -0.05) is 37.8 Å². The molecule has 3 aromatic rings. The number of benzene rings is 2. The number of nitrogens with zero attached hydrogens (tertiary/aromatic N) is 3. The van der Waals surface area contributed by atoms with Crippen LogP contribution in [0.3, 0.4) is 0 Å². The summed E-state index contributed by atoms with van der Waals surface area (Å²) in [6, 6.07) is 14.7. The number of piperazine rings is 1. The number of rotatable bonds is 18. The van der Waals surface area contributed by atoms with Crippen molar-refractivity contribution in [3.63, 3.8) is 0 Å².